The van der Waals surface area contributed by atoms with E-state index in [1.165, 1.54) is 0 Å². The maximum Gasteiger partial charge on any atom is 0.256 e. The van der Waals surface area contributed by atoms with Gasteiger partial charge in [-0.25, -0.2) is 0 Å². The number of benzene rings is 2. The van der Waals surface area contributed by atoms with E-state index in [4.69, 9.17) is 4.99 Å². The summed E-state index contributed by atoms with van der Waals surface area (Å²) in [6, 6.07) is 14.7. The van der Waals surface area contributed by atoms with Crippen LogP contribution in [0.3, 0.4) is 0 Å². The summed E-state index contributed by atoms with van der Waals surface area (Å²) in [6.07, 6.45) is 5.82. The Hall–Kier alpha value is -4.05. The van der Waals surface area contributed by atoms with Gasteiger partial charge in [0.1, 0.15) is 11.4 Å². The van der Waals surface area contributed by atoms with Gasteiger partial charge in [-0.2, -0.15) is 5.10 Å². The van der Waals surface area contributed by atoms with Crippen LogP contribution in [-0.2, 0) is 21.4 Å². The molecule has 10 heteroatoms. The molecule has 1 atom stereocenters. The number of likely N-dealkylation sites (tertiary alicyclic amines) is 2. The largest absolute Gasteiger partial charge is 0.342 e. The van der Waals surface area contributed by atoms with Crippen molar-refractivity contribution in [3.8, 4) is 11.1 Å². The highest BCUT2D eigenvalue weighted by Gasteiger charge is 2.51. The van der Waals surface area contributed by atoms with Crippen molar-refractivity contribution in [2.75, 3.05) is 53.4 Å². The number of aryl methyl sites for hydroxylation is 1. The van der Waals surface area contributed by atoms with Crippen molar-refractivity contribution in [3.63, 3.8) is 0 Å². The van der Waals surface area contributed by atoms with E-state index in [1.807, 2.05) is 51.6 Å². The Balaban J connectivity index is 1.14. The Bertz CT molecular complexity index is 1630. The third-order valence-electron chi connectivity index (χ3n) is 9.80. The molecule has 0 unspecified atom stereocenters. The van der Waals surface area contributed by atoms with Crippen LogP contribution in [0, 0.1) is 11.8 Å². The Labute approximate surface area is 258 Å². The average molecular weight is 596 g/mol. The topological polar surface area (TPSA) is 94.3 Å². The van der Waals surface area contributed by atoms with Crippen LogP contribution in [0.15, 0.2) is 53.7 Å². The van der Waals surface area contributed by atoms with Gasteiger partial charge in [0.05, 0.1) is 18.3 Å². The minimum atomic E-state index is -0.851. The molecule has 4 aliphatic rings. The molecule has 0 N–H and O–H groups in total. The van der Waals surface area contributed by atoms with E-state index in [1.54, 1.807) is 0 Å². The molecule has 3 aromatic rings. The lowest BCUT2D eigenvalue weighted by atomic mass is 9.87. The van der Waals surface area contributed by atoms with Crippen LogP contribution in [0.1, 0.15) is 37.7 Å². The van der Waals surface area contributed by atoms with Crippen LogP contribution in [0.5, 0.6) is 0 Å². The fourth-order valence-electron chi connectivity index (χ4n) is 7.05. The van der Waals surface area contributed by atoms with Crippen LogP contribution < -0.4 is 0 Å². The third kappa shape index (κ3) is 5.29. The van der Waals surface area contributed by atoms with Gasteiger partial charge in [0, 0.05) is 56.6 Å². The number of likely N-dealkylation sites (N-methyl/N-ethyl adjacent to an activating group) is 1. The monoisotopic (exact) mass is 595 g/mol. The number of fused-ring (bicyclic) bond motifs is 1. The molecule has 0 radical (unpaired) electrons. The van der Waals surface area contributed by atoms with Crippen LogP contribution in [0.25, 0.3) is 22.0 Å². The lowest BCUT2D eigenvalue weighted by molar-refractivity contribution is -0.138. The molecule has 2 saturated heterocycles. The van der Waals surface area contributed by atoms with E-state index in [0.29, 0.717) is 51.4 Å². The Morgan fingerprint density at radius 2 is 1.64 bits per heavy atom. The second-order valence-corrected chi connectivity index (χ2v) is 13.3. The fourth-order valence-corrected chi connectivity index (χ4v) is 7.05. The summed E-state index contributed by atoms with van der Waals surface area (Å²) in [4.78, 5) is 52.6. The molecule has 7 rings (SSSR count). The van der Waals surface area contributed by atoms with E-state index in [9.17, 15) is 14.4 Å². The maximum absolute atomic E-state index is 14.3. The summed E-state index contributed by atoms with van der Waals surface area (Å²) >= 11 is 0. The van der Waals surface area contributed by atoms with Crippen LogP contribution in [0.2, 0.25) is 0 Å². The molecule has 3 amide bonds. The molecule has 2 aromatic carbocycles. The van der Waals surface area contributed by atoms with Gasteiger partial charge >= 0.3 is 0 Å². The van der Waals surface area contributed by atoms with E-state index in [2.05, 4.69) is 47.6 Å². The fraction of sp³-hybridized carbons (Fsp3) is 0.500. The SMILES string of the molecule is CN(C)CC(=O)N1CCC2(CC1)N=C(c1ccc(-c3ccc4c(cnn4C)c3)cc1)N(C[C@@H]1CCN(C(=O)C3CC3)C1)C2=O. The highest BCUT2D eigenvalue weighted by molar-refractivity contribution is 6.15. The van der Waals surface area contributed by atoms with Crippen LogP contribution in [0.4, 0.5) is 0 Å². The second-order valence-electron chi connectivity index (χ2n) is 13.3. The minimum absolute atomic E-state index is 0.0327. The smallest absolute Gasteiger partial charge is 0.256 e. The van der Waals surface area contributed by atoms with Crippen molar-refractivity contribution >= 4 is 34.5 Å². The van der Waals surface area contributed by atoms with Crippen molar-refractivity contribution in [1.82, 2.24) is 29.4 Å². The van der Waals surface area contributed by atoms with Gasteiger partial charge in [0.2, 0.25) is 11.8 Å². The molecular weight excluding hydrogens is 554 g/mol. The zero-order valence-electron chi connectivity index (χ0n) is 25.9. The number of amides is 3. The number of carbonyl (C=O) groups excluding carboxylic acids is 3. The highest BCUT2D eigenvalue weighted by atomic mass is 16.2. The molecule has 0 bridgehead atoms. The molecule has 3 aliphatic heterocycles. The first kappa shape index (κ1) is 28.7. The van der Waals surface area contributed by atoms with Crippen molar-refractivity contribution in [2.24, 2.45) is 23.9 Å². The molecule has 4 heterocycles. The summed E-state index contributed by atoms with van der Waals surface area (Å²) < 4.78 is 1.87. The summed E-state index contributed by atoms with van der Waals surface area (Å²) in [5.74, 6) is 1.53. The van der Waals surface area contributed by atoms with Gasteiger partial charge in [0.15, 0.2) is 0 Å². The zero-order valence-corrected chi connectivity index (χ0v) is 25.9. The summed E-state index contributed by atoms with van der Waals surface area (Å²) in [5, 5.41) is 5.46. The number of carbonyl (C=O) groups is 3. The summed E-state index contributed by atoms with van der Waals surface area (Å²) in [7, 11) is 5.73. The van der Waals surface area contributed by atoms with Gasteiger partial charge in [-0.1, -0.05) is 30.3 Å². The van der Waals surface area contributed by atoms with E-state index >= 15 is 0 Å². The Morgan fingerprint density at radius 1 is 0.932 bits per heavy atom. The highest BCUT2D eigenvalue weighted by Crippen LogP contribution is 2.38. The third-order valence-corrected chi connectivity index (χ3v) is 9.80. The maximum atomic E-state index is 14.3. The zero-order chi connectivity index (χ0) is 30.6. The van der Waals surface area contributed by atoms with Gasteiger partial charge in [-0.3, -0.25) is 29.0 Å². The summed E-state index contributed by atoms with van der Waals surface area (Å²) in [5.41, 5.74) is 3.34. The van der Waals surface area contributed by atoms with Crippen LogP contribution >= 0.6 is 0 Å². The molecule has 1 aromatic heterocycles. The van der Waals surface area contributed by atoms with E-state index in [-0.39, 0.29) is 29.6 Å². The van der Waals surface area contributed by atoms with Gasteiger partial charge in [-0.15, -0.1) is 0 Å². The van der Waals surface area contributed by atoms with Gasteiger partial charge in [0.25, 0.3) is 5.91 Å². The normalized spacial score (nSPS) is 21.6. The Kier molecular flexibility index (Phi) is 7.27. The van der Waals surface area contributed by atoms with Gasteiger partial charge < -0.3 is 14.7 Å². The number of hydrogen-bond donors (Lipinski definition) is 0. The molecule has 230 valence electrons. The quantitative estimate of drug-likeness (QED) is 0.419. The molecule has 3 fully saturated rings. The number of aromatic nitrogens is 2. The average Bonchev–Trinajstić information content (AvgIpc) is 3.58. The van der Waals surface area contributed by atoms with Crippen molar-refractivity contribution in [1.29, 1.82) is 0 Å². The number of aliphatic imine (C=N–C) groups is 1. The molecule has 1 spiro atoms. The second kappa shape index (κ2) is 11.1. The number of amidine groups is 1. The standard InChI is InChI=1S/C34H41N7O3/c1-37(2)22-30(42)39-16-13-34(14-17-39)33(44)41(21-23-12-15-40(20-23)32(43)26-8-9-26)31(36-34)25-6-4-24(5-7-25)27-10-11-29-28(18-27)19-35-38(29)3/h4-7,10-11,18-19,23,26H,8-9,12-17,20-22H2,1-3H3/t23-/m1/s1. The number of nitrogens with zero attached hydrogens (tertiary/aromatic N) is 7. The van der Waals surface area contributed by atoms with E-state index < -0.39 is 5.54 Å². The predicted molar refractivity (Wildman–Crippen MR) is 169 cm³/mol. The predicted octanol–water partition coefficient (Wildman–Crippen LogP) is 3.01. The van der Waals surface area contributed by atoms with Crippen molar-refractivity contribution < 1.29 is 14.4 Å². The first-order chi connectivity index (χ1) is 21.2. The van der Waals surface area contributed by atoms with Crippen molar-refractivity contribution in [2.45, 2.75) is 37.6 Å². The van der Waals surface area contributed by atoms with E-state index in [0.717, 1.165) is 53.4 Å². The lowest BCUT2D eigenvalue weighted by Crippen LogP contribution is -2.53. The molecular formula is C34H41N7O3. The first-order valence-electron chi connectivity index (χ1n) is 15.9. The number of hydrogen-bond acceptors (Lipinski definition) is 6. The lowest BCUT2D eigenvalue weighted by Gasteiger charge is -2.37. The molecule has 44 heavy (non-hydrogen) atoms. The summed E-state index contributed by atoms with van der Waals surface area (Å²) in [6.45, 7) is 3.41. The number of rotatable bonds is 7. The van der Waals surface area contributed by atoms with Gasteiger partial charge in [-0.05, 0) is 75.4 Å². The molecule has 10 nitrogen and oxygen atoms in total. The number of piperidine rings is 1. The minimum Gasteiger partial charge on any atom is -0.342 e. The Morgan fingerprint density at radius 3 is 2.34 bits per heavy atom. The van der Waals surface area contributed by atoms with Crippen LogP contribution in [-0.4, -0.2) is 112 Å². The molecule has 1 aliphatic carbocycles. The molecule has 1 saturated carbocycles. The first-order valence-corrected chi connectivity index (χ1v) is 15.9. The van der Waals surface area contributed by atoms with Crippen molar-refractivity contribution in [3.05, 3.63) is 54.2 Å².